The summed E-state index contributed by atoms with van der Waals surface area (Å²) >= 11 is 1.62. The predicted molar refractivity (Wildman–Crippen MR) is 127 cm³/mol. The Morgan fingerprint density at radius 3 is 2.48 bits per heavy atom. The van der Waals surface area contributed by atoms with E-state index in [1.54, 1.807) is 24.5 Å². The maximum Gasteiger partial charge on any atom is 0.251 e. The number of methoxy groups -OCH3 is 1. The van der Waals surface area contributed by atoms with E-state index in [-0.39, 0.29) is 5.91 Å². The third kappa shape index (κ3) is 5.10. The molecule has 0 aliphatic carbocycles. The molecule has 0 saturated heterocycles. The van der Waals surface area contributed by atoms with E-state index in [0.29, 0.717) is 11.4 Å². The van der Waals surface area contributed by atoms with Crippen LogP contribution in [-0.4, -0.2) is 18.0 Å². The number of aryl methyl sites for hydroxylation is 1. The molecule has 31 heavy (non-hydrogen) atoms. The number of nitrogens with one attached hydrogen (secondary N) is 2. The number of hydrogen-bond donors (Lipinski definition) is 2. The third-order valence-corrected chi connectivity index (χ3v) is 5.59. The van der Waals surface area contributed by atoms with Gasteiger partial charge in [0.25, 0.3) is 5.91 Å². The summed E-state index contributed by atoms with van der Waals surface area (Å²) in [6.45, 7) is 1.99. The van der Waals surface area contributed by atoms with Crippen LogP contribution < -0.4 is 15.4 Å². The smallest absolute Gasteiger partial charge is 0.251 e. The Bertz CT molecular complexity index is 1170. The number of carbonyl (C=O) groups is 1. The van der Waals surface area contributed by atoms with E-state index in [9.17, 15) is 4.79 Å². The van der Waals surface area contributed by atoms with Crippen molar-refractivity contribution in [2.24, 2.45) is 0 Å². The number of hydrogen-bond acceptors (Lipinski definition) is 5. The van der Waals surface area contributed by atoms with E-state index in [4.69, 9.17) is 4.74 Å². The predicted octanol–water partition coefficient (Wildman–Crippen LogP) is 5.92. The Kier molecular flexibility index (Phi) is 6.29. The van der Waals surface area contributed by atoms with Gasteiger partial charge in [-0.05, 0) is 36.8 Å². The highest BCUT2D eigenvalue weighted by atomic mass is 32.1. The first kappa shape index (κ1) is 20.6. The number of aromatic nitrogens is 1. The van der Waals surface area contributed by atoms with Gasteiger partial charge in [0.05, 0.1) is 17.8 Å². The fraction of sp³-hybridized carbons (Fsp3) is 0.120. The molecule has 5 nitrogen and oxygen atoms in total. The van der Waals surface area contributed by atoms with Crippen LogP contribution in [0.5, 0.6) is 5.75 Å². The number of ether oxygens (including phenoxy) is 1. The fourth-order valence-electron chi connectivity index (χ4n) is 3.29. The molecule has 0 radical (unpaired) electrons. The van der Waals surface area contributed by atoms with Gasteiger partial charge in [-0.15, -0.1) is 11.3 Å². The van der Waals surface area contributed by atoms with Gasteiger partial charge in [0, 0.05) is 28.4 Å². The van der Waals surface area contributed by atoms with Crippen molar-refractivity contribution in [2.45, 2.75) is 13.0 Å². The SMILES string of the molecule is COc1cccc(NC(=O)[C@@H](Nc2cccc(-c3csc(C)n3)c2)c2ccccc2)c1. The zero-order valence-electron chi connectivity index (χ0n) is 17.3. The van der Waals surface area contributed by atoms with Gasteiger partial charge in [-0.1, -0.05) is 48.5 Å². The van der Waals surface area contributed by atoms with Crippen molar-refractivity contribution in [3.05, 3.63) is 94.8 Å². The highest BCUT2D eigenvalue weighted by Gasteiger charge is 2.21. The molecule has 0 aliphatic heterocycles. The molecule has 1 aromatic heterocycles. The van der Waals surface area contributed by atoms with Gasteiger partial charge in [0.2, 0.25) is 0 Å². The van der Waals surface area contributed by atoms with E-state index >= 15 is 0 Å². The molecule has 2 N–H and O–H groups in total. The number of rotatable bonds is 7. The summed E-state index contributed by atoms with van der Waals surface area (Å²) in [5.74, 6) is 0.530. The number of anilines is 2. The highest BCUT2D eigenvalue weighted by Crippen LogP contribution is 2.27. The van der Waals surface area contributed by atoms with Crippen molar-refractivity contribution >= 4 is 28.6 Å². The zero-order valence-corrected chi connectivity index (χ0v) is 18.1. The Labute approximate surface area is 185 Å². The lowest BCUT2D eigenvalue weighted by molar-refractivity contribution is -0.117. The first-order valence-electron chi connectivity index (χ1n) is 9.91. The summed E-state index contributed by atoms with van der Waals surface area (Å²) in [5, 5.41) is 9.45. The zero-order chi connectivity index (χ0) is 21.6. The molecule has 0 spiro atoms. The minimum absolute atomic E-state index is 0.158. The Balaban J connectivity index is 1.61. The van der Waals surface area contributed by atoms with Gasteiger partial charge in [0.15, 0.2) is 0 Å². The normalized spacial score (nSPS) is 11.5. The summed E-state index contributed by atoms with van der Waals surface area (Å²) < 4.78 is 5.26. The molecular weight excluding hydrogens is 406 g/mol. The number of amides is 1. The fourth-order valence-corrected chi connectivity index (χ4v) is 3.91. The molecule has 0 bridgehead atoms. The molecule has 1 amide bonds. The van der Waals surface area contributed by atoms with Crippen LogP contribution in [0.25, 0.3) is 11.3 Å². The lowest BCUT2D eigenvalue weighted by Crippen LogP contribution is -2.27. The van der Waals surface area contributed by atoms with Gasteiger partial charge in [-0.3, -0.25) is 4.79 Å². The number of carbonyl (C=O) groups excluding carboxylic acids is 1. The van der Waals surface area contributed by atoms with Crippen LogP contribution in [0.3, 0.4) is 0 Å². The van der Waals surface area contributed by atoms with Crippen molar-refractivity contribution in [3.8, 4) is 17.0 Å². The molecular formula is C25H23N3O2S. The largest absolute Gasteiger partial charge is 0.497 e. The molecule has 156 valence electrons. The molecule has 0 aliphatic rings. The lowest BCUT2D eigenvalue weighted by atomic mass is 10.0. The van der Waals surface area contributed by atoms with E-state index in [1.807, 2.05) is 85.1 Å². The summed E-state index contributed by atoms with van der Waals surface area (Å²) in [6.07, 6.45) is 0. The van der Waals surface area contributed by atoms with Gasteiger partial charge in [-0.25, -0.2) is 4.98 Å². The maximum atomic E-state index is 13.3. The van der Waals surface area contributed by atoms with Crippen LogP contribution in [0, 0.1) is 6.92 Å². The van der Waals surface area contributed by atoms with E-state index in [2.05, 4.69) is 15.6 Å². The minimum Gasteiger partial charge on any atom is -0.497 e. The Hall–Kier alpha value is -3.64. The average molecular weight is 430 g/mol. The summed E-state index contributed by atoms with van der Waals surface area (Å²) in [5.41, 5.74) is 4.34. The van der Waals surface area contributed by atoms with Crippen molar-refractivity contribution in [1.29, 1.82) is 0 Å². The molecule has 0 fully saturated rings. The van der Waals surface area contributed by atoms with Crippen LogP contribution in [0.2, 0.25) is 0 Å². The second kappa shape index (κ2) is 9.45. The van der Waals surface area contributed by atoms with Gasteiger partial charge < -0.3 is 15.4 Å². The first-order valence-corrected chi connectivity index (χ1v) is 10.8. The van der Waals surface area contributed by atoms with Crippen molar-refractivity contribution in [3.63, 3.8) is 0 Å². The van der Waals surface area contributed by atoms with Crippen LogP contribution in [0.1, 0.15) is 16.6 Å². The molecule has 1 atom stereocenters. The van der Waals surface area contributed by atoms with E-state index < -0.39 is 6.04 Å². The first-order chi connectivity index (χ1) is 15.1. The third-order valence-electron chi connectivity index (χ3n) is 4.82. The molecule has 4 rings (SSSR count). The van der Waals surface area contributed by atoms with E-state index in [1.165, 1.54) is 0 Å². The topological polar surface area (TPSA) is 63.2 Å². The van der Waals surface area contributed by atoms with Crippen LogP contribution in [-0.2, 0) is 4.79 Å². The number of nitrogens with zero attached hydrogens (tertiary/aromatic N) is 1. The molecule has 1 heterocycles. The minimum atomic E-state index is -0.570. The molecule has 0 unspecified atom stereocenters. The lowest BCUT2D eigenvalue weighted by Gasteiger charge is -2.20. The van der Waals surface area contributed by atoms with Crippen molar-refractivity contribution < 1.29 is 9.53 Å². The van der Waals surface area contributed by atoms with Crippen LogP contribution in [0.15, 0.2) is 84.2 Å². The van der Waals surface area contributed by atoms with Gasteiger partial charge in [0.1, 0.15) is 11.8 Å². The standard InChI is InChI=1S/C25H23N3O2S/c1-17-26-23(16-31-17)19-10-6-11-20(14-19)27-24(18-8-4-3-5-9-18)25(29)28-21-12-7-13-22(15-21)30-2/h3-16,24,27H,1-2H3,(H,28,29)/t24-/m0/s1. The number of benzene rings is 3. The van der Waals surface area contributed by atoms with Crippen molar-refractivity contribution in [1.82, 2.24) is 4.98 Å². The monoisotopic (exact) mass is 429 g/mol. The quantitative estimate of drug-likeness (QED) is 0.383. The average Bonchev–Trinajstić information content (AvgIpc) is 3.24. The molecule has 4 aromatic rings. The van der Waals surface area contributed by atoms with Gasteiger partial charge in [-0.2, -0.15) is 0 Å². The second-order valence-electron chi connectivity index (χ2n) is 7.04. The summed E-state index contributed by atoms with van der Waals surface area (Å²) in [6, 6.07) is 24.4. The van der Waals surface area contributed by atoms with Crippen molar-refractivity contribution in [2.75, 3.05) is 17.7 Å². The molecule has 3 aromatic carbocycles. The summed E-state index contributed by atoms with van der Waals surface area (Å²) in [4.78, 5) is 17.8. The molecule has 6 heteroatoms. The Morgan fingerprint density at radius 2 is 1.74 bits per heavy atom. The molecule has 0 saturated carbocycles. The highest BCUT2D eigenvalue weighted by molar-refractivity contribution is 7.09. The van der Waals surface area contributed by atoms with Gasteiger partial charge >= 0.3 is 0 Å². The maximum absolute atomic E-state index is 13.3. The van der Waals surface area contributed by atoms with Crippen LogP contribution in [0.4, 0.5) is 11.4 Å². The second-order valence-corrected chi connectivity index (χ2v) is 8.10. The summed E-state index contributed by atoms with van der Waals surface area (Å²) in [7, 11) is 1.60. The van der Waals surface area contributed by atoms with Crippen LogP contribution >= 0.6 is 11.3 Å². The Morgan fingerprint density at radius 1 is 0.968 bits per heavy atom. The number of thiazole rings is 1. The van der Waals surface area contributed by atoms with E-state index in [0.717, 1.165) is 27.5 Å².